The molecule has 1 amide bonds. The number of thiophene rings is 1. The number of hydrogen-bond acceptors (Lipinski definition) is 5. The van der Waals surface area contributed by atoms with E-state index >= 15 is 0 Å². The van der Waals surface area contributed by atoms with E-state index in [1.165, 1.54) is 11.3 Å². The van der Waals surface area contributed by atoms with Gasteiger partial charge < -0.3 is 4.90 Å². The second-order valence-electron chi connectivity index (χ2n) is 6.12. The molecule has 0 aliphatic carbocycles. The number of halogens is 1. The van der Waals surface area contributed by atoms with Crippen molar-refractivity contribution in [2.24, 2.45) is 0 Å². The number of carbonyl (C=O) groups is 1. The molecular weight excluding hydrogens is 394 g/mol. The Kier molecular flexibility index (Phi) is 5.67. The molecule has 26 heavy (non-hydrogen) atoms. The zero-order valence-corrected chi connectivity index (χ0v) is 17.0. The molecule has 3 rings (SSSR count). The third kappa shape index (κ3) is 3.93. The molecule has 1 aliphatic rings. The van der Waals surface area contributed by atoms with E-state index in [1.54, 1.807) is 29.5 Å². The number of fused-ring (bicyclic) bond motifs is 1. The molecule has 6 nitrogen and oxygen atoms in total. The van der Waals surface area contributed by atoms with Crippen LogP contribution in [0.5, 0.6) is 0 Å². The highest BCUT2D eigenvalue weighted by atomic mass is 35.5. The van der Waals surface area contributed by atoms with Crippen molar-refractivity contribution in [3.63, 3.8) is 0 Å². The summed E-state index contributed by atoms with van der Waals surface area (Å²) < 4.78 is 26.1. The normalized spacial score (nSPS) is 14.3. The number of aryl methyl sites for hydroxylation is 1. The van der Waals surface area contributed by atoms with Crippen LogP contribution in [-0.2, 0) is 29.5 Å². The maximum atomic E-state index is 12.7. The van der Waals surface area contributed by atoms with E-state index in [1.807, 2.05) is 6.92 Å². The van der Waals surface area contributed by atoms with Crippen LogP contribution in [0.1, 0.15) is 39.0 Å². The van der Waals surface area contributed by atoms with Gasteiger partial charge in [-0.3, -0.25) is 9.78 Å². The maximum absolute atomic E-state index is 12.7. The van der Waals surface area contributed by atoms with Crippen molar-refractivity contribution in [2.75, 3.05) is 12.3 Å². The average Bonchev–Trinajstić information content (AvgIpc) is 3.05. The number of hydrogen-bond donors (Lipinski definition) is 1. The van der Waals surface area contributed by atoms with Gasteiger partial charge in [0.15, 0.2) is 0 Å². The summed E-state index contributed by atoms with van der Waals surface area (Å²) in [5.41, 5.74) is 3.75. The summed E-state index contributed by atoms with van der Waals surface area (Å²) in [4.78, 5) is 19.4. The molecular formula is C17H20ClN3O3S2. The highest BCUT2D eigenvalue weighted by molar-refractivity contribution is 7.89. The van der Waals surface area contributed by atoms with Crippen molar-refractivity contribution in [1.29, 1.82) is 0 Å². The Bertz CT molecular complexity index is 941. The molecule has 1 aliphatic heterocycles. The van der Waals surface area contributed by atoms with Crippen LogP contribution < -0.4 is 4.72 Å². The number of amides is 1. The monoisotopic (exact) mass is 413 g/mol. The number of nitrogens with zero attached hydrogens (tertiary/aromatic N) is 2. The second kappa shape index (κ2) is 7.64. The Morgan fingerprint density at radius 2 is 2.23 bits per heavy atom. The van der Waals surface area contributed by atoms with E-state index in [4.69, 9.17) is 11.6 Å². The van der Waals surface area contributed by atoms with Crippen molar-refractivity contribution < 1.29 is 13.2 Å². The van der Waals surface area contributed by atoms with Gasteiger partial charge >= 0.3 is 0 Å². The lowest BCUT2D eigenvalue weighted by molar-refractivity contribution is 0.0739. The fraction of sp³-hybridized carbons (Fsp3) is 0.412. The van der Waals surface area contributed by atoms with Gasteiger partial charge in [0, 0.05) is 31.5 Å². The molecule has 0 saturated carbocycles. The minimum atomic E-state index is -3.28. The van der Waals surface area contributed by atoms with Gasteiger partial charge in [-0.1, -0.05) is 11.6 Å². The van der Waals surface area contributed by atoms with Crippen LogP contribution in [0.3, 0.4) is 0 Å². The number of aromatic nitrogens is 1. The average molecular weight is 414 g/mol. The molecule has 0 aromatic carbocycles. The van der Waals surface area contributed by atoms with Crippen LogP contribution >= 0.6 is 22.9 Å². The van der Waals surface area contributed by atoms with E-state index in [0.717, 1.165) is 22.4 Å². The minimum absolute atomic E-state index is 0.0400. The zero-order chi connectivity index (χ0) is 18.9. The largest absolute Gasteiger partial charge is 0.333 e. The van der Waals surface area contributed by atoms with Gasteiger partial charge in [-0.2, -0.15) is 0 Å². The van der Waals surface area contributed by atoms with Crippen LogP contribution in [0.4, 0.5) is 0 Å². The Hall–Kier alpha value is -1.48. The lowest BCUT2D eigenvalue weighted by Gasteiger charge is -2.30. The lowest BCUT2D eigenvalue weighted by atomic mass is 9.95. The van der Waals surface area contributed by atoms with Crippen molar-refractivity contribution in [3.8, 4) is 0 Å². The molecule has 2 aromatic rings. The van der Waals surface area contributed by atoms with Crippen LogP contribution in [0.2, 0.25) is 5.02 Å². The highest BCUT2D eigenvalue weighted by Crippen LogP contribution is 2.28. The van der Waals surface area contributed by atoms with Crippen molar-refractivity contribution in [2.45, 2.75) is 33.4 Å². The molecule has 0 spiro atoms. The Morgan fingerprint density at radius 3 is 2.88 bits per heavy atom. The number of pyridine rings is 1. The first-order chi connectivity index (χ1) is 12.3. The molecule has 0 atom stereocenters. The predicted molar refractivity (Wildman–Crippen MR) is 103 cm³/mol. The Labute approximate surface area is 162 Å². The van der Waals surface area contributed by atoms with Crippen LogP contribution in [-0.4, -0.2) is 36.5 Å². The fourth-order valence-electron chi connectivity index (χ4n) is 3.00. The van der Waals surface area contributed by atoms with Crippen molar-refractivity contribution in [3.05, 3.63) is 49.9 Å². The molecule has 0 bridgehead atoms. The summed E-state index contributed by atoms with van der Waals surface area (Å²) in [6.45, 7) is 4.72. The van der Waals surface area contributed by atoms with Crippen LogP contribution in [0, 0.1) is 6.92 Å². The standard InChI is InChI=1S/C17H20ClN3O3S2/c1-3-26(23,24)20-9-14-11(2)19-8-12-10-21(6-4-13(12)14)17(22)16-15(18)5-7-25-16/h5,7-8,20H,3-4,6,9-10H2,1-2H3. The summed E-state index contributed by atoms with van der Waals surface area (Å²) in [6, 6.07) is 1.72. The lowest BCUT2D eigenvalue weighted by Crippen LogP contribution is -2.37. The van der Waals surface area contributed by atoms with E-state index in [0.29, 0.717) is 29.4 Å². The summed E-state index contributed by atoms with van der Waals surface area (Å²) in [6.07, 6.45) is 2.44. The summed E-state index contributed by atoms with van der Waals surface area (Å²) >= 11 is 7.42. The molecule has 0 saturated heterocycles. The zero-order valence-electron chi connectivity index (χ0n) is 14.6. The summed E-state index contributed by atoms with van der Waals surface area (Å²) in [5, 5.41) is 2.28. The molecule has 0 unspecified atom stereocenters. The van der Waals surface area contributed by atoms with Crippen LogP contribution in [0.25, 0.3) is 0 Å². The third-order valence-corrected chi connectivity index (χ3v) is 7.22. The number of nitrogens with one attached hydrogen (secondary N) is 1. The molecule has 2 aromatic heterocycles. The highest BCUT2D eigenvalue weighted by Gasteiger charge is 2.26. The Balaban J connectivity index is 1.83. The van der Waals surface area contributed by atoms with Gasteiger partial charge in [-0.05, 0) is 48.4 Å². The van der Waals surface area contributed by atoms with Crippen LogP contribution in [0.15, 0.2) is 17.6 Å². The second-order valence-corrected chi connectivity index (χ2v) is 9.54. The molecule has 3 heterocycles. The van der Waals surface area contributed by atoms with Gasteiger partial charge in [0.1, 0.15) is 4.88 Å². The summed E-state index contributed by atoms with van der Waals surface area (Å²) in [5.74, 6) is -0.0392. The minimum Gasteiger partial charge on any atom is -0.333 e. The van der Waals surface area contributed by atoms with Gasteiger partial charge in [0.25, 0.3) is 5.91 Å². The van der Waals surface area contributed by atoms with E-state index < -0.39 is 10.0 Å². The first-order valence-corrected chi connectivity index (χ1v) is 11.2. The molecule has 140 valence electrons. The van der Waals surface area contributed by atoms with Crippen molar-refractivity contribution >= 4 is 38.9 Å². The van der Waals surface area contributed by atoms with E-state index in [-0.39, 0.29) is 18.2 Å². The first kappa shape index (κ1) is 19.3. The molecule has 0 radical (unpaired) electrons. The number of carbonyl (C=O) groups excluding carboxylic acids is 1. The third-order valence-electron chi connectivity index (χ3n) is 4.54. The summed E-state index contributed by atoms with van der Waals surface area (Å²) in [7, 11) is -3.28. The predicted octanol–water partition coefficient (Wildman–Crippen LogP) is 2.74. The van der Waals surface area contributed by atoms with E-state index in [2.05, 4.69) is 9.71 Å². The number of sulfonamides is 1. The fourth-order valence-corrected chi connectivity index (χ4v) is 4.68. The molecule has 9 heteroatoms. The van der Waals surface area contributed by atoms with Crippen molar-refractivity contribution in [1.82, 2.24) is 14.6 Å². The number of rotatable bonds is 5. The van der Waals surface area contributed by atoms with Gasteiger partial charge in [-0.25, -0.2) is 13.1 Å². The maximum Gasteiger partial charge on any atom is 0.265 e. The van der Waals surface area contributed by atoms with E-state index in [9.17, 15) is 13.2 Å². The van der Waals surface area contributed by atoms with Gasteiger partial charge in [-0.15, -0.1) is 11.3 Å². The first-order valence-electron chi connectivity index (χ1n) is 8.28. The SMILES string of the molecule is CCS(=O)(=O)NCc1c(C)ncc2c1CCN(C(=O)c1sccc1Cl)C2. The smallest absolute Gasteiger partial charge is 0.265 e. The molecule has 1 N–H and O–H groups in total. The quantitative estimate of drug-likeness (QED) is 0.817. The molecule has 0 fully saturated rings. The Morgan fingerprint density at radius 1 is 1.46 bits per heavy atom. The topological polar surface area (TPSA) is 79.4 Å². The van der Waals surface area contributed by atoms with Gasteiger partial charge in [0.2, 0.25) is 10.0 Å². The van der Waals surface area contributed by atoms with Gasteiger partial charge in [0.05, 0.1) is 10.8 Å².